The van der Waals surface area contributed by atoms with Crippen LogP contribution < -0.4 is 0 Å². The van der Waals surface area contributed by atoms with E-state index in [1.165, 1.54) is 0 Å². The lowest BCUT2D eigenvalue weighted by Crippen LogP contribution is -2.10. The smallest absolute Gasteiger partial charge is 0.104 e. The van der Waals surface area contributed by atoms with Gasteiger partial charge in [0.05, 0.1) is 66.9 Å². The second kappa shape index (κ2) is 14.4. The quantitative estimate of drug-likeness (QED) is 0.173. The third kappa shape index (κ3) is 5.09. The fraction of sp³-hybridized carbons (Fsp3) is 0. The molecule has 0 bridgehead atoms. The molecule has 0 amide bonds. The maximum atomic E-state index is 11.9. The highest BCUT2D eigenvalue weighted by atomic mass is 15.0. The molecule has 0 N–H and O–H groups in total. The number of fused-ring (bicyclic) bond motifs is 12. The molecule has 14 rings (SSSR count). The van der Waals surface area contributed by atoms with E-state index in [2.05, 4.69) is 249 Å². The van der Waals surface area contributed by atoms with E-state index in [1.807, 2.05) is 0 Å². The van der Waals surface area contributed by atoms with Gasteiger partial charge in [-0.1, -0.05) is 158 Å². The summed E-state index contributed by atoms with van der Waals surface area (Å²) in [6.45, 7) is 0. The lowest BCUT2D eigenvalue weighted by atomic mass is 9.93. The number of rotatable bonds is 5. The molecular weight excluding hydrogens is 829 g/mol. The molecule has 4 aromatic heterocycles. The van der Waals surface area contributed by atoms with Gasteiger partial charge in [-0.25, -0.2) is 0 Å². The molecule has 314 valence electrons. The summed E-state index contributed by atoms with van der Waals surface area (Å²) in [5.41, 5.74) is 13.6. The van der Waals surface area contributed by atoms with E-state index < -0.39 is 0 Å². The number of nitriles is 2. The summed E-state index contributed by atoms with van der Waals surface area (Å²) >= 11 is 0. The van der Waals surface area contributed by atoms with Crippen molar-refractivity contribution in [1.29, 1.82) is 10.5 Å². The molecular formula is C62H36N6. The van der Waals surface area contributed by atoms with Gasteiger partial charge in [0.15, 0.2) is 0 Å². The maximum Gasteiger partial charge on any atom is 0.104 e. The highest BCUT2D eigenvalue weighted by Gasteiger charge is 2.29. The molecule has 6 heteroatoms. The van der Waals surface area contributed by atoms with Crippen molar-refractivity contribution in [2.75, 3.05) is 0 Å². The topological polar surface area (TPSA) is 67.3 Å². The van der Waals surface area contributed by atoms with Crippen molar-refractivity contribution in [3.63, 3.8) is 0 Å². The second-order valence-corrected chi connectivity index (χ2v) is 17.4. The number of hydrogen-bond acceptors (Lipinski definition) is 2. The molecule has 68 heavy (non-hydrogen) atoms. The summed E-state index contributed by atoms with van der Waals surface area (Å²) in [5, 5.41) is 32.6. The lowest BCUT2D eigenvalue weighted by Gasteiger charge is -2.24. The second-order valence-electron chi connectivity index (χ2n) is 17.4. The van der Waals surface area contributed by atoms with Crippen LogP contribution in [0.5, 0.6) is 0 Å². The van der Waals surface area contributed by atoms with Crippen molar-refractivity contribution >= 4 is 87.2 Å². The molecule has 6 nitrogen and oxygen atoms in total. The lowest BCUT2D eigenvalue weighted by molar-refractivity contribution is 1.10. The fourth-order valence-corrected chi connectivity index (χ4v) is 11.3. The summed E-state index contributed by atoms with van der Waals surface area (Å²) in [7, 11) is 0. The zero-order valence-electron chi connectivity index (χ0n) is 36.5. The molecule has 0 fully saturated rings. The van der Waals surface area contributed by atoms with E-state index >= 15 is 0 Å². The van der Waals surface area contributed by atoms with Crippen LogP contribution in [0.1, 0.15) is 11.1 Å². The van der Waals surface area contributed by atoms with Crippen LogP contribution >= 0.6 is 0 Å². The molecule has 0 aliphatic heterocycles. The minimum absolute atomic E-state index is 0.513. The summed E-state index contributed by atoms with van der Waals surface area (Å²) in [4.78, 5) is 0. The van der Waals surface area contributed by atoms with Crippen LogP contribution in [0.3, 0.4) is 0 Å². The van der Waals surface area contributed by atoms with Crippen molar-refractivity contribution in [1.82, 2.24) is 18.3 Å². The van der Waals surface area contributed by atoms with Gasteiger partial charge in [-0.2, -0.15) is 10.5 Å². The molecule has 0 unspecified atom stereocenters. The van der Waals surface area contributed by atoms with Crippen LogP contribution in [0.25, 0.3) is 121 Å². The van der Waals surface area contributed by atoms with E-state index in [-0.39, 0.29) is 0 Å². The van der Waals surface area contributed by atoms with Crippen LogP contribution in [-0.4, -0.2) is 18.3 Å². The van der Waals surface area contributed by atoms with Crippen molar-refractivity contribution in [3.8, 4) is 46.0 Å². The fourth-order valence-electron chi connectivity index (χ4n) is 11.3. The standard InChI is InChI=1S/C62H36N6/c63-37-49-59(65-51-25-9-1-17-39(51)40-18-2-10-26-52(40)65)35-33-47(61(49)67-55-29-13-5-21-43(55)44-22-6-14-30-56(44)67)48-34-36-60(66-53-27-11-3-19-41(53)42-20-4-12-28-54(42)66)50(38-64)62(48)68-57-31-15-7-23-45(57)46-24-8-16-32-58(46)68/h1-36H. The number of hydrogen-bond donors (Lipinski definition) is 0. The predicted octanol–water partition coefficient (Wildman–Crippen LogP) is 15.5. The molecule has 0 aliphatic rings. The monoisotopic (exact) mass is 864 g/mol. The third-order valence-corrected chi connectivity index (χ3v) is 14.1. The Morgan fingerprint density at radius 1 is 0.235 bits per heavy atom. The van der Waals surface area contributed by atoms with Crippen LogP contribution in [0.15, 0.2) is 218 Å². The normalized spacial score (nSPS) is 11.8. The molecule has 0 spiro atoms. The first-order chi connectivity index (χ1) is 33.7. The first-order valence-corrected chi connectivity index (χ1v) is 22.8. The predicted molar refractivity (Wildman–Crippen MR) is 279 cm³/mol. The average Bonchev–Trinajstić information content (AvgIpc) is 4.13. The summed E-state index contributed by atoms with van der Waals surface area (Å²) in [5.74, 6) is 0. The molecule has 0 atom stereocenters. The number of aromatic nitrogens is 4. The summed E-state index contributed by atoms with van der Waals surface area (Å²) in [6, 6.07) is 81.7. The highest BCUT2D eigenvalue weighted by Crippen LogP contribution is 2.47. The molecule has 10 aromatic carbocycles. The Balaban J connectivity index is 1.19. The largest absolute Gasteiger partial charge is 0.308 e. The van der Waals surface area contributed by atoms with Gasteiger partial charge in [-0.3, -0.25) is 0 Å². The van der Waals surface area contributed by atoms with Crippen LogP contribution in [0, 0.1) is 22.7 Å². The molecule has 0 saturated carbocycles. The van der Waals surface area contributed by atoms with Gasteiger partial charge < -0.3 is 18.3 Å². The van der Waals surface area contributed by atoms with Crippen molar-refractivity contribution < 1.29 is 0 Å². The Kier molecular flexibility index (Phi) is 8.01. The summed E-state index contributed by atoms with van der Waals surface area (Å²) < 4.78 is 9.03. The zero-order valence-corrected chi connectivity index (χ0v) is 36.5. The van der Waals surface area contributed by atoms with Gasteiger partial charge in [0.1, 0.15) is 23.3 Å². The number of benzene rings is 10. The van der Waals surface area contributed by atoms with Gasteiger partial charge in [0.2, 0.25) is 0 Å². The zero-order chi connectivity index (χ0) is 45.0. The van der Waals surface area contributed by atoms with Crippen molar-refractivity contribution in [2.45, 2.75) is 0 Å². The average molecular weight is 865 g/mol. The van der Waals surface area contributed by atoms with Gasteiger partial charge in [0, 0.05) is 54.2 Å². The number of nitrogens with zero attached hydrogens (tertiary/aromatic N) is 6. The Hall–Kier alpha value is -9.62. The van der Waals surface area contributed by atoms with E-state index in [0.29, 0.717) is 11.1 Å². The third-order valence-electron chi connectivity index (χ3n) is 14.1. The van der Waals surface area contributed by atoms with Gasteiger partial charge in [-0.05, 0) is 60.7 Å². The molecule has 14 aromatic rings. The van der Waals surface area contributed by atoms with Gasteiger partial charge in [-0.15, -0.1) is 0 Å². The first-order valence-electron chi connectivity index (χ1n) is 22.8. The Labute approximate surface area is 389 Å². The molecule has 0 saturated heterocycles. The Morgan fingerprint density at radius 2 is 0.441 bits per heavy atom. The minimum Gasteiger partial charge on any atom is -0.308 e. The van der Waals surface area contributed by atoms with Gasteiger partial charge >= 0.3 is 0 Å². The Bertz CT molecular complexity index is 4030. The molecule has 0 radical (unpaired) electrons. The van der Waals surface area contributed by atoms with E-state index in [1.54, 1.807) is 0 Å². The van der Waals surface area contributed by atoms with Gasteiger partial charge in [0.25, 0.3) is 0 Å². The van der Waals surface area contributed by atoms with Crippen LogP contribution in [0.4, 0.5) is 0 Å². The van der Waals surface area contributed by atoms with Crippen molar-refractivity contribution in [3.05, 3.63) is 230 Å². The van der Waals surface area contributed by atoms with E-state index in [0.717, 1.165) is 121 Å². The van der Waals surface area contributed by atoms with Crippen LogP contribution in [-0.2, 0) is 0 Å². The minimum atomic E-state index is 0.513. The summed E-state index contributed by atoms with van der Waals surface area (Å²) in [6.07, 6.45) is 0. The molecule has 4 heterocycles. The van der Waals surface area contributed by atoms with E-state index in [9.17, 15) is 10.5 Å². The van der Waals surface area contributed by atoms with E-state index in [4.69, 9.17) is 0 Å². The molecule has 0 aliphatic carbocycles. The Morgan fingerprint density at radius 3 is 0.662 bits per heavy atom. The van der Waals surface area contributed by atoms with Crippen molar-refractivity contribution in [2.24, 2.45) is 0 Å². The SMILES string of the molecule is N#Cc1c(-n2c3ccccc3c3ccccc32)ccc(-c2ccc(-n3c4ccccc4c4ccccc43)c(C#N)c2-n2c3ccccc3c3ccccc32)c1-n1c2ccccc2c2ccccc21. The number of para-hydroxylation sites is 8. The van der Waals surface area contributed by atoms with Crippen LogP contribution in [0.2, 0.25) is 0 Å². The highest BCUT2D eigenvalue weighted by molar-refractivity contribution is 6.14. The first kappa shape index (κ1) is 37.7. The maximum absolute atomic E-state index is 11.9.